The molecule has 0 amide bonds. The Balaban J connectivity index is 2.06. The fourth-order valence-electron chi connectivity index (χ4n) is 1.51. The Kier molecular flexibility index (Phi) is 4.35. The number of aromatic amines is 1. The molecule has 6 heteroatoms. The van der Waals surface area contributed by atoms with Gasteiger partial charge in [-0.15, -0.1) is 16.1 Å². The molecule has 0 aliphatic rings. The lowest BCUT2D eigenvalue weighted by atomic mass is 10.3. The summed E-state index contributed by atoms with van der Waals surface area (Å²) in [6, 6.07) is 4.16. The van der Waals surface area contributed by atoms with Crippen LogP contribution in [0.15, 0.2) is 24.5 Å². The molecule has 0 aromatic carbocycles. The molecule has 2 heterocycles. The predicted octanol–water partition coefficient (Wildman–Crippen LogP) is 3.25. The van der Waals surface area contributed by atoms with Crippen molar-refractivity contribution in [2.75, 3.05) is 0 Å². The summed E-state index contributed by atoms with van der Waals surface area (Å²) < 4.78 is 15.0. The Morgan fingerprint density at radius 2 is 2.16 bits per heavy atom. The summed E-state index contributed by atoms with van der Waals surface area (Å²) in [6.07, 6.45) is 3.55. The van der Waals surface area contributed by atoms with E-state index in [0.29, 0.717) is 0 Å². The first kappa shape index (κ1) is 14.6. The van der Waals surface area contributed by atoms with Gasteiger partial charge in [-0.3, -0.25) is 0 Å². The maximum atomic E-state index is 12.1. The average molecular weight is 297 g/mol. The van der Waals surface area contributed by atoms with Crippen molar-refractivity contribution in [1.29, 1.82) is 0 Å². The third-order valence-electron chi connectivity index (χ3n) is 2.63. The monoisotopic (exact) mass is 297 g/mol. The van der Waals surface area contributed by atoms with Crippen molar-refractivity contribution in [3.63, 3.8) is 0 Å². The number of thiophene rings is 1. The quantitative estimate of drug-likeness (QED) is 0.851. The van der Waals surface area contributed by atoms with Gasteiger partial charge >= 0.3 is 0 Å². The molecule has 2 aromatic rings. The van der Waals surface area contributed by atoms with Crippen LogP contribution in [0.3, 0.4) is 0 Å². The molecule has 0 saturated carbocycles. The highest BCUT2D eigenvalue weighted by Crippen LogP contribution is 2.30. The first-order valence-electron chi connectivity index (χ1n) is 6.15. The molecule has 0 spiro atoms. The summed E-state index contributed by atoms with van der Waals surface area (Å²) in [5, 5.41) is 0. The normalized spacial score (nSPS) is 15.4. The Morgan fingerprint density at radius 3 is 2.74 bits per heavy atom. The van der Waals surface area contributed by atoms with E-state index in [1.54, 1.807) is 17.5 Å². The van der Waals surface area contributed by atoms with Crippen LogP contribution in [0, 0.1) is 0 Å². The summed E-state index contributed by atoms with van der Waals surface area (Å²) in [6.45, 7) is 7.92. The van der Waals surface area contributed by atoms with E-state index < -0.39 is 11.4 Å². The fourth-order valence-corrected chi connectivity index (χ4v) is 3.35. The third-order valence-corrected chi connectivity index (χ3v) is 5.58. The molecule has 19 heavy (non-hydrogen) atoms. The maximum Gasteiger partial charge on any atom is 0.147 e. The van der Waals surface area contributed by atoms with Gasteiger partial charge in [0.25, 0.3) is 0 Å². The van der Waals surface area contributed by atoms with Gasteiger partial charge < -0.3 is 9.54 Å². The van der Waals surface area contributed by atoms with Gasteiger partial charge in [-0.05, 0) is 39.8 Å². The van der Waals surface area contributed by atoms with Crippen LogP contribution in [-0.4, -0.2) is 19.3 Å². The number of hydrogen-bond acceptors (Lipinski definition) is 4. The maximum absolute atomic E-state index is 12.1. The van der Waals surface area contributed by atoms with Gasteiger partial charge in [0.1, 0.15) is 10.6 Å². The van der Waals surface area contributed by atoms with Crippen molar-refractivity contribution in [2.24, 2.45) is 0 Å². The van der Waals surface area contributed by atoms with Crippen LogP contribution >= 0.6 is 11.3 Å². The summed E-state index contributed by atoms with van der Waals surface area (Å²) in [5.74, 6) is 0.875. The Labute approximate surface area is 121 Å². The lowest BCUT2D eigenvalue weighted by molar-refractivity contribution is 0.532. The lowest BCUT2D eigenvalue weighted by Gasteiger charge is -2.26. The van der Waals surface area contributed by atoms with Gasteiger partial charge in [0.05, 0.1) is 10.9 Å². The lowest BCUT2D eigenvalue weighted by Crippen LogP contribution is -2.40. The van der Waals surface area contributed by atoms with Gasteiger partial charge in [-0.25, -0.2) is 4.98 Å². The second-order valence-corrected chi connectivity index (χ2v) is 8.47. The van der Waals surface area contributed by atoms with Crippen molar-refractivity contribution >= 4 is 22.7 Å². The standard InChI is InChI=1S/C13H19N3OS2/c1-9(16-19(17)13(2,3)4)10-5-6-11(18-10)12-14-7-8-15-12/h5-9,16H,1-4H3,(H,14,15)/t9-,19+/m1/s1. The van der Waals surface area contributed by atoms with Crippen LogP contribution in [0.1, 0.15) is 38.6 Å². The highest BCUT2D eigenvalue weighted by atomic mass is 32.2. The van der Waals surface area contributed by atoms with Crippen LogP contribution < -0.4 is 4.72 Å². The van der Waals surface area contributed by atoms with Gasteiger partial charge in [-0.2, -0.15) is 0 Å². The molecule has 0 aliphatic carbocycles. The van der Waals surface area contributed by atoms with Crippen LogP contribution in [0.4, 0.5) is 0 Å². The number of aromatic nitrogens is 2. The molecule has 2 N–H and O–H groups in total. The summed E-state index contributed by atoms with van der Waals surface area (Å²) in [4.78, 5) is 9.57. The van der Waals surface area contributed by atoms with E-state index in [0.717, 1.165) is 15.6 Å². The SMILES string of the molecule is C[C@@H](N[S@@+]([O-])C(C)(C)C)c1ccc(-c2ncc[nH]2)s1. The molecular weight excluding hydrogens is 278 g/mol. The molecule has 0 aliphatic heterocycles. The van der Waals surface area contributed by atoms with E-state index in [9.17, 15) is 4.55 Å². The molecule has 2 atom stereocenters. The van der Waals surface area contributed by atoms with Crippen LogP contribution in [0.25, 0.3) is 10.7 Å². The van der Waals surface area contributed by atoms with E-state index in [-0.39, 0.29) is 10.8 Å². The minimum Gasteiger partial charge on any atom is -0.598 e. The molecule has 0 unspecified atom stereocenters. The molecule has 0 fully saturated rings. The van der Waals surface area contributed by atoms with Crippen LogP contribution in [-0.2, 0) is 11.4 Å². The van der Waals surface area contributed by atoms with E-state index in [1.165, 1.54) is 0 Å². The highest BCUT2D eigenvalue weighted by Gasteiger charge is 2.28. The minimum absolute atomic E-state index is 0.0637. The zero-order valence-electron chi connectivity index (χ0n) is 11.6. The Hall–Kier alpha value is -0.820. The number of nitrogens with zero attached hydrogens (tertiary/aromatic N) is 1. The molecule has 0 saturated heterocycles. The predicted molar refractivity (Wildman–Crippen MR) is 81.3 cm³/mol. The molecule has 2 rings (SSSR count). The van der Waals surface area contributed by atoms with Crippen LogP contribution in [0.5, 0.6) is 0 Å². The molecule has 4 nitrogen and oxygen atoms in total. The first-order chi connectivity index (χ1) is 8.88. The average Bonchev–Trinajstić information content (AvgIpc) is 2.98. The largest absolute Gasteiger partial charge is 0.598 e. The molecule has 0 bridgehead atoms. The van der Waals surface area contributed by atoms with E-state index in [4.69, 9.17) is 0 Å². The van der Waals surface area contributed by atoms with Gasteiger partial charge in [0, 0.05) is 28.6 Å². The zero-order chi connectivity index (χ0) is 14.0. The Morgan fingerprint density at radius 1 is 1.42 bits per heavy atom. The van der Waals surface area contributed by atoms with Crippen molar-refractivity contribution in [3.05, 3.63) is 29.4 Å². The molecular formula is C13H19N3OS2. The fraction of sp³-hybridized carbons (Fsp3) is 0.462. The van der Waals surface area contributed by atoms with Crippen molar-refractivity contribution in [3.8, 4) is 10.7 Å². The number of H-pyrrole nitrogens is 1. The topological polar surface area (TPSA) is 63.8 Å². The summed E-state index contributed by atoms with van der Waals surface area (Å²) in [7, 11) is 0. The third kappa shape index (κ3) is 3.60. The Bertz CT molecular complexity index is 516. The van der Waals surface area contributed by atoms with E-state index >= 15 is 0 Å². The highest BCUT2D eigenvalue weighted by molar-refractivity contribution is 7.90. The van der Waals surface area contributed by atoms with Crippen molar-refractivity contribution in [1.82, 2.24) is 14.7 Å². The van der Waals surface area contributed by atoms with Gasteiger partial charge in [0.15, 0.2) is 0 Å². The minimum atomic E-state index is -1.06. The smallest absolute Gasteiger partial charge is 0.147 e. The number of imidazole rings is 1. The number of rotatable bonds is 4. The first-order valence-corrected chi connectivity index (χ1v) is 8.12. The van der Waals surface area contributed by atoms with E-state index in [2.05, 4.69) is 20.8 Å². The second-order valence-electron chi connectivity index (χ2n) is 5.36. The number of nitrogens with one attached hydrogen (secondary N) is 2. The van der Waals surface area contributed by atoms with E-state index in [1.807, 2.05) is 40.0 Å². The second kappa shape index (κ2) is 5.66. The summed E-state index contributed by atoms with van der Waals surface area (Å²) in [5.41, 5.74) is 0. The molecule has 0 radical (unpaired) electrons. The molecule has 104 valence electrons. The van der Waals surface area contributed by atoms with Crippen molar-refractivity contribution in [2.45, 2.75) is 38.5 Å². The molecule has 2 aromatic heterocycles. The van der Waals surface area contributed by atoms with Gasteiger partial charge in [0.2, 0.25) is 0 Å². The summed E-state index contributed by atoms with van der Waals surface area (Å²) >= 11 is 0.599. The van der Waals surface area contributed by atoms with Gasteiger partial charge in [-0.1, -0.05) is 0 Å². The van der Waals surface area contributed by atoms with Crippen molar-refractivity contribution < 1.29 is 4.55 Å². The number of hydrogen-bond donors (Lipinski definition) is 2. The van der Waals surface area contributed by atoms with Crippen LogP contribution in [0.2, 0.25) is 0 Å². The zero-order valence-corrected chi connectivity index (χ0v) is 13.2.